The summed E-state index contributed by atoms with van der Waals surface area (Å²) in [5, 5.41) is 7.33. The summed E-state index contributed by atoms with van der Waals surface area (Å²) in [7, 11) is -2.29. The lowest BCUT2D eigenvalue weighted by molar-refractivity contribution is 0.268. The Bertz CT molecular complexity index is 945. The molecule has 2 aromatic rings. The Balaban J connectivity index is 0.000000861. The van der Waals surface area contributed by atoms with Crippen LogP contribution >= 0.6 is 0 Å². The predicted octanol–water partition coefficient (Wildman–Crippen LogP) is 3.39. The fraction of sp³-hybridized carbons (Fsp3) is 0.350. The van der Waals surface area contributed by atoms with Crippen LogP contribution < -0.4 is 19.9 Å². The van der Waals surface area contributed by atoms with Gasteiger partial charge in [0.25, 0.3) is 10.1 Å². The number of nitrogens with two attached hydrogens (primary N) is 1. The minimum Gasteiger partial charge on any atom is -0.494 e. The molecule has 0 aromatic heterocycles. The molecule has 0 aliphatic rings. The zero-order chi connectivity index (χ0) is 23.4. The molecular weight excluding hydrogens is 434 g/mol. The summed E-state index contributed by atoms with van der Waals surface area (Å²) in [4.78, 5) is 0. The van der Waals surface area contributed by atoms with Gasteiger partial charge < -0.3 is 19.9 Å². The van der Waals surface area contributed by atoms with Crippen molar-refractivity contribution in [3.8, 4) is 17.2 Å². The number of rotatable bonds is 10. The van der Waals surface area contributed by atoms with Crippen molar-refractivity contribution in [2.24, 2.45) is 5.73 Å². The van der Waals surface area contributed by atoms with E-state index in [1.54, 1.807) is 24.3 Å². The molecule has 172 valence electrons. The molecule has 4 N–H and O–H groups in total. The summed E-state index contributed by atoms with van der Waals surface area (Å²) >= 11 is 0. The van der Waals surface area contributed by atoms with Crippen LogP contribution in [0.2, 0.25) is 0 Å². The average Bonchev–Trinajstić information content (AvgIpc) is 2.68. The van der Waals surface area contributed by atoms with E-state index in [-0.39, 0.29) is 17.3 Å². The van der Waals surface area contributed by atoms with E-state index in [1.165, 1.54) is 7.11 Å². The highest BCUT2D eigenvalue weighted by atomic mass is 32.2. The SMILES string of the molecule is COc1cc(F)c(F)cc1OCCCCCOc1ccc(C(=N)N)cc1.CS(=O)(=O)O. The number of amidine groups is 1. The van der Waals surface area contributed by atoms with Crippen LogP contribution in [0.1, 0.15) is 24.8 Å². The first-order chi connectivity index (χ1) is 14.5. The van der Waals surface area contributed by atoms with Crippen LogP contribution in [-0.4, -0.2) is 45.4 Å². The van der Waals surface area contributed by atoms with Crippen molar-refractivity contribution in [3.05, 3.63) is 53.6 Å². The molecule has 0 saturated heterocycles. The van der Waals surface area contributed by atoms with Crippen molar-refractivity contribution in [1.29, 1.82) is 5.41 Å². The second-order valence-electron chi connectivity index (χ2n) is 6.35. The van der Waals surface area contributed by atoms with Gasteiger partial charge in [-0.1, -0.05) is 0 Å². The van der Waals surface area contributed by atoms with Crippen molar-refractivity contribution >= 4 is 16.0 Å². The molecule has 0 amide bonds. The highest BCUT2D eigenvalue weighted by Gasteiger charge is 2.11. The normalized spacial score (nSPS) is 10.6. The van der Waals surface area contributed by atoms with Crippen LogP contribution in [0.5, 0.6) is 17.2 Å². The third-order valence-electron chi connectivity index (χ3n) is 3.69. The molecule has 0 saturated carbocycles. The number of halogens is 2. The minimum absolute atomic E-state index is 0.0224. The van der Waals surface area contributed by atoms with E-state index in [9.17, 15) is 17.2 Å². The number of nitrogens with one attached hydrogen (secondary N) is 1. The van der Waals surface area contributed by atoms with Gasteiger partial charge in [0.05, 0.1) is 26.6 Å². The fourth-order valence-electron chi connectivity index (χ4n) is 2.27. The first-order valence-corrected chi connectivity index (χ1v) is 11.0. The molecule has 0 radical (unpaired) electrons. The van der Waals surface area contributed by atoms with Crippen LogP contribution in [0.4, 0.5) is 8.78 Å². The number of ether oxygens (including phenoxy) is 3. The Morgan fingerprint density at radius 3 is 1.97 bits per heavy atom. The first kappa shape index (κ1) is 26.1. The summed E-state index contributed by atoms with van der Waals surface area (Å²) in [6.45, 7) is 0.919. The highest BCUT2D eigenvalue weighted by Crippen LogP contribution is 2.29. The van der Waals surface area contributed by atoms with Gasteiger partial charge in [0, 0.05) is 17.7 Å². The monoisotopic (exact) mass is 460 g/mol. The maximum absolute atomic E-state index is 13.3. The standard InChI is InChI=1S/C19H22F2N2O3.CH4O3S/c1-24-17-11-15(20)16(21)12-18(17)26-10-4-2-3-9-25-14-7-5-13(6-8-14)19(22)23;1-5(2,3)4/h5-8,11-12H,2-4,9-10H2,1H3,(H3,22,23);1H3,(H,2,3,4). The van der Waals surface area contributed by atoms with Gasteiger partial charge >= 0.3 is 0 Å². The van der Waals surface area contributed by atoms with Gasteiger partial charge in [0.15, 0.2) is 23.1 Å². The Labute approximate surface area is 180 Å². The van der Waals surface area contributed by atoms with Crippen molar-refractivity contribution in [2.75, 3.05) is 26.6 Å². The first-order valence-electron chi connectivity index (χ1n) is 9.16. The maximum atomic E-state index is 13.3. The molecule has 0 bridgehead atoms. The molecule has 0 aliphatic heterocycles. The van der Waals surface area contributed by atoms with Crippen molar-refractivity contribution in [1.82, 2.24) is 0 Å². The molecule has 31 heavy (non-hydrogen) atoms. The summed E-state index contributed by atoms with van der Waals surface area (Å²) < 4.78 is 68.3. The van der Waals surface area contributed by atoms with Crippen LogP contribution in [0, 0.1) is 17.0 Å². The lowest BCUT2D eigenvalue weighted by Gasteiger charge is -2.11. The van der Waals surface area contributed by atoms with Crippen LogP contribution in [0.25, 0.3) is 0 Å². The second kappa shape index (κ2) is 12.7. The smallest absolute Gasteiger partial charge is 0.261 e. The van der Waals surface area contributed by atoms with E-state index < -0.39 is 21.8 Å². The number of benzene rings is 2. The van der Waals surface area contributed by atoms with Gasteiger partial charge in [0.1, 0.15) is 11.6 Å². The second-order valence-corrected chi connectivity index (χ2v) is 7.81. The number of methoxy groups -OCH3 is 1. The topological polar surface area (TPSA) is 132 Å². The summed E-state index contributed by atoms with van der Waals surface area (Å²) in [6, 6.07) is 8.98. The zero-order valence-corrected chi connectivity index (χ0v) is 18.0. The van der Waals surface area contributed by atoms with E-state index in [4.69, 9.17) is 29.9 Å². The molecule has 0 unspecified atom stereocenters. The fourth-order valence-corrected chi connectivity index (χ4v) is 2.27. The number of nitrogen functional groups attached to an aromatic ring is 1. The highest BCUT2D eigenvalue weighted by molar-refractivity contribution is 7.85. The molecule has 2 rings (SSSR count). The van der Waals surface area contributed by atoms with E-state index >= 15 is 0 Å². The minimum atomic E-state index is -3.67. The summed E-state index contributed by atoms with van der Waals surface area (Å²) in [5.41, 5.74) is 6.05. The van der Waals surface area contributed by atoms with Gasteiger partial charge in [-0.05, 0) is 43.5 Å². The summed E-state index contributed by atoms with van der Waals surface area (Å²) in [5.74, 6) is -0.839. The Kier molecular flexibility index (Phi) is 10.7. The van der Waals surface area contributed by atoms with E-state index in [0.29, 0.717) is 25.0 Å². The Hall–Kier alpha value is -2.92. The van der Waals surface area contributed by atoms with Gasteiger partial charge in [0.2, 0.25) is 0 Å². The van der Waals surface area contributed by atoms with Crippen molar-refractivity contribution in [3.63, 3.8) is 0 Å². The van der Waals surface area contributed by atoms with E-state index in [0.717, 1.165) is 37.1 Å². The molecule has 8 nitrogen and oxygen atoms in total. The molecule has 0 fully saturated rings. The maximum Gasteiger partial charge on any atom is 0.261 e. The van der Waals surface area contributed by atoms with Crippen molar-refractivity contribution in [2.45, 2.75) is 19.3 Å². The quantitative estimate of drug-likeness (QED) is 0.214. The molecular formula is C20H26F2N2O6S. The summed E-state index contributed by atoms with van der Waals surface area (Å²) in [6.07, 6.45) is 3.14. The number of unbranched alkanes of at least 4 members (excludes halogenated alkanes) is 2. The Morgan fingerprint density at radius 2 is 1.48 bits per heavy atom. The van der Waals surface area contributed by atoms with E-state index in [2.05, 4.69) is 0 Å². The molecule has 0 atom stereocenters. The van der Waals surface area contributed by atoms with Gasteiger partial charge in [-0.3, -0.25) is 9.96 Å². The van der Waals surface area contributed by atoms with Crippen LogP contribution in [0.15, 0.2) is 36.4 Å². The predicted molar refractivity (Wildman–Crippen MR) is 113 cm³/mol. The third-order valence-corrected chi connectivity index (χ3v) is 3.69. The molecule has 0 spiro atoms. The molecule has 0 heterocycles. The lowest BCUT2D eigenvalue weighted by atomic mass is 10.2. The Morgan fingerprint density at radius 1 is 1.00 bits per heavy atom. The van der Waals surface area contributed by atoms with Gasteiger partial charge in [-0.25, -0.2) is 8.78 Å². The molecule has 11 heteroatoms. The van der Waals surface area contributed by atoms with E-state index in [1.807, 2.05) is 0 Å². The van der Waals surface area contributed by atoms with Crippen molar-refractivity contribution < 1.29 is 36.0 Å². The van der Waals surface area contributed by atoms with Gasteiger partial charge in [-0.2, -0.15) is 8.42 Å². The molecule has 2 aromatic carbocycles. The number of hydrogen-bond donors (Lipinski definition) is 3. The average molecular weight is 460 g/mol. The third kappa shape index (κ3) is 11.2. The number of hydrogen-bond acceptors (Lipinski definition) is 6. The van der Waals surface area contributed by atoms with Crippen LogP contribution in [0.3, 0.4) is 0 Å². The van der Waals surface area contributed by atoms with Gasteiger partial charge in [-0.15, -0.1) is 0 Å². The largest absolute Gasteiger partial charge is 0.494 e. The lowest BCUT2D eigenvalue weighted by Crippen LogP contribution is -2.10. The van der Waals surface area contributed by atoms with Crippen LogP contribution in [-0.2, 0) is 10.1 Å². The molecule has 0 aliphatic carbocycles. The zero-order valence-electron chi connectivity index (χ0n) is 17.2.